The Kier molecular flexibility index (Phi) is 3.92. The Hall–Kier alpha value is -1.55. The van der Waals surface area contributed by atoms with Gasteiger partial charge in [0.25, 0.3) is 5.91 Å². The van der Waals surface area contributed by atoms with Gasteiger partial charge in [0, 0.05) is 12.6 Å². The van der Waals surface area contributed by atoms with Gasteiger partial charge in [0.15, 0.2) is 6.61 Å². The maximum absolute atomic E-state index is 11.9. The van der Waals surface area contributed by atoms with Crippen LogP contribution in [0.15, 0.2) is 24.3 Å². The number of nitrogens with one attached hydrogen (secondary N) is 1. The number of carbonyl (C=O) groups excluding carboxylic acids is 1. The normalized spacial score (nSPS) is 27.6. The van der Waals surface area contributed by atoms with Gasteiger partial charge in [-0.1, -0.05) is 18.6 Å². The largest absolute Gasteiger partial charge is 0.484 e. The number of hydrogen-bond donors (Lipinski definition) is 2. The quantitative estimate of drug-likeness (QED) is 0.861. The van der Waals surface area contributed by atoms with Crippen molar-refractivity contribution in [1.82, 2.24) is 5.32 Å². The van der Waals surface area contributed by atoms with Crippen LogP contribution in [0, 0.1) is 11.8 Å². The molecule has 1 amide bonds. The van der Waals surface area contributed by atoms with E-state index in [0.717, 1.165) is 17.9 Å². The summed E-state index contributed by atoms with van der Waals surface area (Å²) < 4.78 is 5.50. The van der Waals surface area contributed by atoms with Crippen molar-refractivity contribution in [3.8, 4) is 5.75 Å². The van der Waals surface area contributed by atoms with E-state index in [2.05, 4.69) is 5.32 Å². The molecular formula is C16H22N2O2. The van der Waals surface area contributed by atoms with E-state index in [1.807, 2.05) is 24.3 Å². The molecule has 108 valence electrons. The SMILES string of the molecule is NCc1ccc(OCC(=O)NC2CC3CCC2C3)cc1. The molecule has 2 saturated carbocycles. The molecule has 2 bridgehead atoms. The molecule has 4 heteroatoms. The van der Waals surface area contributed by atoms with Gasteiger partial charge >= 0.3 is 0 Å². The van der Waals surface area contributed by atoms with Crippen molar-refractivity contribution in [3.05, 3.63) is 29.8 Å². The zero-order valence-corrected chi connectivity index (χ0v) is 11.7. The second kappa shape index (κ2) is 5.83. The average molecular weight is 274 g/mol. The number of hydrogen-bond acceptors (Lipinski definition) is 3. The van der Waals surface area contributed by atoms with Crippen molar-refractivity contribution in [3.63, 3.8) is 0 Å². The van der Waals surface area contributed by atoms with Crippen molar-refractivity contribution in [2.24, 2.45) is 17.6 Å². The molecule has 0 aromatic heterocycles. The fraction of sp³-hybridized carbons (Fsp3) is 0.562. The van der Waals surface area contributed by atoms with Crippen LogP contribution in [-0.2, 0) is 11.3 Å². The topological polar surface area (TPSA) is 64.3 Å². The van der Waals surface area contributed by atoms with Crippen LogP contribution in [0.3, 0.4) is 0 Å². The first-order valence-electron chi connectivity index (χ1n) is 7.46. The number of carbonyl (C=O) groups is 1. The lowest BCUT2D eigenvalue weighted by Gasteiger charge is -2.22. The van der Waals surface area contributed by atoms with Crippen LogP contribution in [0.2, 0.25) is 0 Å². The Morgan fingerprint density at radius 3 is 2.65 bits per heavy atom. The molecule has 2 aliphatic carbocycles. The van der Waals surface area contributed by atoms with Gasteiger partial charge in [-0.15, -0.1) is 0 Å². The van der Waals surface area contributed by atoms with Gasteiger partial charge in [-0.05, 0) is 48.8 Å². The van der Waals surface area contributed by atoms with E-state index >= 15 is 0 Å². The standard InChI is InChI=1S/C16H22N2O2/c17-9-11-2-5-14(6-3-11)20-10-16(19)18-15-8-12-1-4-13(15)7-12/h2-3,5-6,12-13,15H,1,4,7-10,17H2,(H,18,19). The fourth-order valence-corrected chi connectivity index (χ4v) is 3.54. The second-order valence-corrected chi connectivity index (χ2v) is 5.99. The fourth-order valence-electron chi connectivity index (χ4n) is 3.54. The maximum Gasteiger partial charge on any atom is 0.258 e. The molecule has 1 aromatic rings. The summed E-state index contributed by atoms with van der Waals surface area (Å²) in [5.41, 5.74) is 6.60. The highest BCUT2D eigenvalue weighted by molar-refractivity contribution is 5.77. The van der Waals surface area contributed by atoms with E-state index in [1.165, 1.54) is 19.3 Å². The van der Waals surface area contributed by atoms with Crippen molar-refractivity contribution >= 4 is 5.91 Å². The summed E-state index contributed by atoms with van der Waals surface area (Å²) in [5.74, 6) is 2.25. The van der Waals surface area contributed by atoms with Gasteiger partial charge in [-0.3, -0.25) is 4.79 Å². The molecule has 0 radical (unpaired) electrons. The van der Waals surface area contributed by atoms with Gasteiger partial charge in [0.2, 0.25) is 0 Å². The van der Waals surface area contributed by atoms with Gasteiger partial charge in [-0.2, -0.15) is 0 Å². The van der Waals surface area contributed by atoms with Crippen LogP contribution in [0.1, 0.15) is 31.2 Å². The Morgan fingerprint density at radius 1 is 1.25 bits per heavy atom. The van der Waals surface area contributed by atoms with Crippen LogP contribution in [0.5, 0.6) is 5.75 Å². The van der Waals surface area contributed by atoms with Crippen molar-refractivity contribution in [1.29, 1.82) is 0 Å². The van der Waals surface area contributed by atoms with Crippen LogP contribution >= 0.6 is 0 Å². The van der Waals surface area contributed by atoms with Crippen molar-refractivity contribution < 1.29 is 9.53 Å². The van der Waals surface area contributed by atoms with E-state index in [0.29, 0.717) is 24.3 Å². The van der Waals surface area contributed by atoms with Crippen LogP contribution in [-0.4, -0.2) is 18.6 Å². The highest BCUT2D eigenvalue weighted by Crippen LogP contribution is 2.44. The van der Waals surface area contributed by atoms with E-state index in [1.54, 1.807) is 0 Å². The highest BCUT2D eigenvalue weighted by Gasteiger charge is 2.40. The lowest BCUT2D eigenvalue weighted by atomic mass is 9.95. The maximum atomic E-state index is 11.9. The summed E-state index contributed by atoms with van der Waals surface area (Å²) in [6.07, 6.45) is 5.08. The summed E-state index contributed by atoms with van der Waals surface area (Å²) in [6, 6.07) is 7.93. The predicted octanol–water partition coefficient (Wildman–Crippen LogP) is 1.83. The monoisotopic (exact) mass is 274 g/mol. The van der Waals surface area contributed by atoms with Gasteiger partial charge in [-0.25, -0.2) is 0 Å². The smallest absolute Gasteiger partial charge is 0.258 e. The van der Waals surface area contributed by atoms with Gasteiger partial charge in [0.05, 0.1) is 0 Å². The minimum atomic E-state index is -0.00884. The number of rotatable bonds is 5. The first-order valence-corrected chi connectivity index (χ1v) is 7.46. The average Bonchev–Trinajstić information content (AvgIpc) is 3.08. The van der Waals surface area contributed by atoms with Crippen molar-refractivity contribution in [2.45, 2.75) is 38.3 Å². The Bertz CT molecular complexity index is 472. The third-order valence-corrected chi connectivity index (χ3v) is 4.61. The molecule has 3 rings (SSSR count). The van der Waals surface area contributed by atoms with E-state index in [9.17, 15) is 4.79 Å². The van der Waals surface area contributed by atoms with Gasteiger partial charge in [0.1, 0.15) is 5.75 Å². The number of fused-ring (bicyclic) bond motifs is 2. The molecule has 20 heavy (non-hydrogen) atoms. The van der Waals surface area contributed by atoms with E-state index in [4.69, 9.17) is 10.5 Å². The molecule has 2 aliphatic rings. The second-order valence-electron chi connectivity index (χ2n) is 5.99. The molecule has 4 nitrogen and oxygen atoms in total. The minimum Gasteiger partial charge on any atom is -0.484 e. The Morgan fingerprint density at radius 2 is 2.05 bits per heavy atom. The lowest BCUT2D eigenvalue weighted by Crippen LogP contribution is -2.40. The third kappa shape index (κ3) is 2.96. The first-order chi connectivity index (χ1) is 9.74. The molecule has 1 aromatic carbocycles. The minimum absolute atomic E-state index is 0.00884. The molecule has 2 fully saturated rings. The van der Waals surface area contributed by atoms with Gasteiger partial charge < -0.3 is 15.8 Å². The number of ether oxygens (including phenoxy) is 1. The highest BCUT2D eigenvalue weighted by atomic mass is 16.5. The predicted molar refractivity (Wildman–Crippen MR) is 77.2 cm³/mol. The van der Waals surface area contributed by atoms with Crippen LogP contribution < -0.4 is 15.8 Å². The summed E-state index contributed by atoms with van der Waals surface area (Å²) >= 11 is 0. The lowest BCUT2D eigenvalue weighted by molar-refractivity contribution is -0.124. The Balaban J connectivity index is 1.44. The summed E-state index contributed by atoms with van der Waals surface area (Å²) in [6.45, 7) is 0.612. The summed E-state index contributed by atoms with van der Waals surface area (Å²) in [4.78, 5) is 11.9. The molecule has 0 heterocycles. The Labute approximate surface area is 119 Å². The number of amides is 1. The molecular weight excluding hydrogens is 252 g/mol. The third-order valence-electron chi connectivity index (χ3n) is 4.61. The van der Waals surface area contributed by atoms with E-state index < -0.39 is 0 Å². The number of nitrogens with two attached hydrogens (primary N) is 1. The first kappa shape index (κ1) is 13.4. The van der Waals surface area contributed by atoms with E-state index in [-0.39, 0.29) is 12.5 Å². The van der Waals surface area contributed by atoms with Crippen LogP contribution in [0.4, 0.5) is 0 Å². The molecule has 3 unspecified atom stereocenters. The molecule has 0 aliphatic heterocycles. The summed E-state index contributed by atoms with van der Waals surface area (Å²) in [7, 11) is 0. The summed E-state index contributed by atoms with van der Waals surface area (Å²) in [5, 5.41) is 3.12. The van der Waals surface area contributed by atoms with Crippen molar-refractivity contribution in [2.75, 3.05) is 6.61 Å². The number of benzene rings is 1. The molecule has 3 N–H and O–H groups in total. The van der Waals surface area contributed by atoms with Crippen LogP contribution in [0.25, 0.3) is 0 Å². The molecule has 0 spiro atoms. The molecule has 3 atom stereocenters. The molecule has 0 saturated heterocycles. The zero-order valence-electron chi connectivity index (χ0n) is 11.7. The zero-order chi connectivity index (χ0) is 13.9.